The molecule has 0 radical (unpaired) electrons. The third-order valence-corrected chi connectivity index (χ3v) is 11.9. The van der Waals surface area contributed by atoms with Crippen molar-refractivity contribution in [2.24, 2.45) is 45.4 Å². The van der Waals surface area contributed by atoms with Crippen molar-refractivity contribution in [1.29, 1.82) is 0 Å². The van der Waals surface area contributed by atoms with E-state index < -0.39 is 36.1 Å². The molecule has 4 aromatic rings. The maximum absolute atomic E-state index is 14.5. The molecule has 8 rings (SSSR count). The van der Waals surface area contributed by atoms with Gasteiger partial charge in [0, 0.05) is 49.3 Å². The fraction of sp³-hybridized carbons (Fsp3) is 0.500. The number of ether oxygens (including phenoxy) is 1. The van der Waals surface area contributed by atoms with Crippen LogP contribution in [0.15, 0.2) is 52.1 Å². The number of carbonyl (C=O) groups is 3. The molecule has 0 unspecified atom stereocenters. The number of aromatic amines is 1. The molecule has 0 aliphatic heterocycles. The van der Waals surface area contributed by atoms with Crippen LogP contribution in [0.3, 0.4) is 0 Å². The minimum Gasteiger partial charge on any atom is -0.508 e. The molecule has 2 aromatic heterocycles. The Kier molecular flexibility index (Phi) is 10.7. The first kappa shape index (κ1) is 37.7. The number of phenolic OH excluding ortho intramolecular Hbond substituents is 1. The van der Waals surface area contributed by atoms with E-state index in [1.54, 1.807) is 12.1 Å². The SMILES string of the molecule is Cc1cc(O)cc(C)c1C[C@H](NC(=O)[C@@H](CCN=C(N)N)OC(N)=O)C(=O)N[C@@H](Cc1c[nH]c2ccccc12)c1nc(CC23CC4CC(CC(C4)C2)C3)no1. The van der Waals surface area contributed by atoms with Gasteiger partial charge in [0.25, 0.3) is 5.91 Å². The second kappa shape index (κ2) is 15.6. The number of amides is 3. The highest BCUT2D eigenvalue weighted by atomic mass is 16.6. The van der Waals surface area contributed by atoms with Crippen LogP contribution in [0, 0.1) is 37.0 Å². The number of hydrogen-bond acceptors (Lipinski definition) is 9. The first-order valence-corrected chi connectivity index (χ1v) is 19.1. The molecule has 292 valence electrons. The van der Waals surface area contributed by atoms with E-state index in [4.69, 9.17) is 31.4 Å². The third kappa shape index (κ3) is 8.71. The van der Waals surface area contributed by atoms with Crippen LogP contribution in [0.4, 0.5) is 4.79 Å². The lowest BCUT2D eigenvalue weighted by Crippen LogP contribution is -2.52. The van der Waals surface area contributed by atoms with Gasteiger partial charge in [-0.15, -0.1) is 0 Å². The number of aliphatic imine (C=N–C) groups is 1. The number of hydrogen-bond donors (Lipinski definition) is 7. The number of aromatic nitrogens is 3. The number of carbonyl (C=O) groups excluding carboxylic acids is 3. The van der Waals surface area contributed by atoms with Crippen molar-refractivity contribution in [1.82, 2.24) is 25.8 Å². The van der Waals surface area contributed by atoms with Crippen LogP contribution < -0.4 is 27.8 Å². The van der Waals surface area contributed by atoms with Gasteiger partial charge in [0.2, 0.25) is 11.8 Å². The predicted molar refractivity (Wildman–Crippen MR) is 204 cm³/mol. The van der Waals surface area contributed by atoms with E-state index in [1.807, 2.05) is 44.3 Å². The van der Waals surface area contributed by atoms with Crippen LogP contribution in [0.1, 0.15) is 85.0 Å². The summed E-state index contributed by atoms with van der Waals surface area (Å²) in [5, 5.41) is 21.6. The first-order valence-electron chi connectivity index (χ1n) is 19.1. The van der Waals surface area contributed by atoms with Crippen molar-refractivity contribution >= 4 is 34.8 Å². The minimum atomic E-state index is -1.39. The molecular weight excluding hydrogens is 702 g/mol. The zero-order valence-electron chi connectivity index (χ0n) is 31.3. The standard InChI is InChI=1S/C40H51N9O6/c1-21-9-27(50)10-22(2)29(21)15-31(46-36(52)33(54-39(43)53)7-8-44-38(41)42)35(51)47-32(14-26-20-45-30-6-4-3-5-28(26)30)37-48-34(49-55-37)19-40-16-23-11-24(17-40)13-25(12-23)18-40/h3-6,9-10,20,23-25,31-33,45,50H,7-8,11-19H2,1-2H3,(H2,43,53)(H,46,52)(H,47,51)(H4,41,42,44)/t23?,24?,25?,31-,32-,33+,40?/m0/s1. The molecule has 15 nitrogen and oxygen atoms in total. The number of guanidine groups is 1. The average molecular weight is 754 g/mol. The lowest BCUT2D eigenvalue weighted by atomic mass is 9.49. The van der Waals surface area contributed by atoms with Crippen molar-refractivity contribution < 1.29 is 28.8 Å². The van der Waals surface area contributed by atoms with Gasteiger partial charge in [-0.25, -0.2) is 4.79 Å². The van der Waals surface area contributed by atoms with Gasteiger partial charge in [-0.3, -0.25) is 14.6 Å². The second-order valence-corrected chi connectivity index (χ2v) is 16.1. The minimum absolute atomic E-state index is 0.0316. The molecule has 4 aliphatic carbocycles. The molecule has 4 bridgehead atoms. The summed E-state index contributed by atoms with van der Waals surface area (Å²) in [7, 11) is 0. The van der Waals surface area contributed by atoms with Crippen LogP contribution >= 0.6 is 0 Å². The molecule has 2 aromatic carbocycles. The number of H-pyrrole nitrogens is 1. The summed E-state index contributed by atoms with van der Waals surface area (Å²) < 4.78 is 11.1. The molecule has 3 atom stereocenters. The van der Waals surface area contributed by atoms with Crippen molar-refractivity contribution in [3.05, 3.63) is 76.6 Å². The molecule has 0 spiro atoms. The summed E-state index contributed by atoms with van der Waals surface area (Å²) in [6.07, 6.45) is 7.97. The number of phenols is 1. The van der Waals surface area contributed by atoms with Crippen molar-refractivity contribution in [2.75, 3.05) is 6.54 Å². The fourth-order valence-electron chi connectivity index (χ4n) is 9.98. The van der Waals surface area contributed by atoms with E-state index in [1.165, 1.54) is 38.5 Å². The molecule has 4 aliphatic rings. The average Bonchev–Trinajstić information content (AvgIpc) is 3.74. The number of nitrogens with zero attached hydrogens (tertiary/aromatic N) is 3. The van der Waals surface area contributed by atoms with Crippen LogP contribution in [-0.2, 0) is 33.6 Å². The van der Waals surface area contributed by atoms with E-state index in [9.17, 15) is 19.5 Å². The Morgan fingerprint density at radius 1 is 1.00 bits per heavy atom. The van der Waals surface area contributed by atoms with E-state index in [0.717, 1.165) is 57.3 Å². The maximum atomic E-state index is 14.5. The molecule has 15 heteroatoms. The zero-order chi connectivity index (χ0) is 38.9. The third-order valence-electron chi connectivity index (χ3n) is 11.9. The van der Waals surface area contributed by atoms with E-state index in [2.05, 4.69) is 25.8 Å². The molecule has 4 saturated carbocycles. The number of benzene rings is 2. The van der Waals surface area contributed by atoms with E-state index >= 15 is 0 Å². The Labute approximate surface area is 319 Å². The van der Waals surface area contributed by atoms with Crippen LogP contribution in [0.2, 0.25) is 0 Å². The Hall–Kier alpha value is -5.60. The highest BCUT2D eigenvalue weighted by Gasteiger charge is 2.51. The fourth-order valence-corrected chi connectivity index (χ4v) is 9.98. The van der Waals surface area contributed by atoms with Gasteiger partial charge in [0.1, 0.15) is 17.8 Å². The second-order valence-electron chi connectivity index (χ2n) is 16.1. The topological polar surface area (TPSA) is 250 Å². The predicted octanol–water partition coefficient (Wildman–Crippen LogP) is 3.89. The van der Waals surface area contributed by atoms with Gasteiger partial charge < -0.3 is 47.2 Å². The van der Waals surface area contributed by atoms with Gasteiger partial charge in [0.15, 0.2) is 17.9 Å². The molecule has 4 fully saturated rings. The van der Waals surface area contributed by atoms with Gasteiger partial charge in [-0.05, 0) is 116 Å². The summed E-state index contributed by atoms with van der Waals surface area (Å²) >= 11 is 0. The Balaban J connectivity index is 1.18. The molecule has 55 heavy (non-hydrogen) atoms. The lowest BCUT2D eigenvalue weighted by Gasteiger charge is -2.56. The number of rotatable bonds is 15. The molecule has 10 N–H and O–H groups in total. The highest BCUT2D eigenvalue weighted by molar-refractivity contribution is 5.91. The number of para-hydroxylation sites is 1. The monoisotopic (exact) mass is 753 g/mol. The van der Waals surface area contributed by atoms with Gasteiger partial charge in [-0.2, -0.15) is 4.98 Å². The number of primary amides is 1. The quantitative estimate of drug-likeness (QED) is 0.0681. The van der Waals surface area contributed by atoms with E-state index in [-0.39, 0.29) is 42.4 Å². The number of fused-ring (bicyclic) bond motifs is 1. The molecule has 0 saturated heterocycles. The maximum Gasteiger partial charge on any atom is 0.405 e. The summed E-state index contributed by atoms with van der Waals surface area (Å²) in [5.74, 6) is 1.83. The van der Waals surface area contributed by atoms with Crippen LogP contribution in [0.5, 0.6) is 5.75 Å². The highest BCUT2D eigenvalue weighted by Crippen LogP contribution is 2.61. The van der Waals surface area contributed by atoms with E-state index in [0.29, 0.717) is 12.2 Å². The molecule has 3 amide bonds. The van der Waals surface area contributed by atoms with Crippen LogP contribution in [0.25, 0.3) is 10.9 Å². The smallest absolute Gasteiger partial charge is 0.405 e. The normalized spacial score (nSPS) is 22.8. The van der Waals surface area contributed by atoms with Gasteiger partial charge in [-0.1, -0.05) is 23.4 Å². The number of aryl methyl sites for hydroxylation is 2. The number of nitrogens with two attached hydrogens (primary N) is 3. The van der Waals surface area contributed by atoms with Crippen molar-refractivity contribution in [3.63, 3.8) is 0 Å². The number of aromatic hydroxyl groups is 1. The molecule has 2 heterocycles. The largest absolute Gasteiger partial charge is 0.508 e. The first-order chi connectivity index (χ1) is 26.3. The summed E-state index contributed by atoms with van der Waals surface area (Å²) in [6, 6.07) is 9.15. The zero-order valence-corrected chi connectivity index (χ0v) is 31.3. The van der Waals surface area contributed by atoms with Crippen molar-refractivity contribution in [2.45, 2.75) is 96.2 Å². The summed E-state index contributed by atoms with van der Waals surface area (Å²) in [6.45, 7) is 3.60. The van der Waals surface area contributed by atoms with Gasteiger partial charge in [0.05, 0.1) is 0 Å². The Morgan fingerprint density at radius 3 is 2.33 bits per heavy atom. The molecular formula is C40H51N9O6. The Bertz CT molecular complexity index is 2030. The van der Waals surface area contributed by atoms with Crippen LogP contribution in [-0.4, -0.2) is 62.8 Å². The number of nitrogens with one attached hydrogen (secondary N) is 3. The Morgan fingerprint density at radius 2 is 1.67 bits per heavy atom. The van der Waals surface area contributed by atoms with Crippen molar-refractivity contribution in [3.8, 4) is 5.75 Å². The lowest BCUT2D eigenvalue weighted by molar-refractivity contribution is -0.134. The summed E-state index contributed by atoms with van der Waals surface area (Å²) in [5.41, 5.74) is 20.5. The summed E-state index contributed by atoms with van der Waals surface area (Å²) in [4.78, 5) is 52.2. The van der Waals surface area contributed by atoms with Gasteiger partial charge >= 0.3 is 6.09 Å².